The van der Waals surface area contributed by atoms with Crippen LogP contribution in [-0.4, -0.2) is 26.8 Å². The minimum Gasteiger partial charge on any atom is -0.325 e. The lowest BCUT2D eigenvalue weighted by Gasteiger charge is -2.08. The van der Waals surface area contributed by atoms with E-state index >= 15 is 0 Å². The Hall–Kier alpha value is -3.12. The number of aromatic nitrogens is 3. The number of nitrogens with zero attached hydrogens (tertiary/aromatic N) is 2. The quantitative estimate of drug-likeness (QED) is 0.460. The molecule has 4 aromatic rings. The summed E-state index contributed by atoms with van der Waals surface area (Å²) < 4.78 is 0. The minimum absolute atomic E-state index is 0.0833. The van der Waals surface area contributed by atoms with Crippen LogP contribution >= 0.6 is 11.8 Å². The largest absolute Gasteiger partial charge is 0.325 e. The van der Waals surface area contributed by atoms with Crippen LogP contribution in [0.2, 0.25) is 0 Å². The number of thioether (sulfide) groups is 1. The van der Waals surface area contributed by atoms with E-state index in [9.17, 15) is 4.79 Å². The molecule has 1 heterocycles. The van der Waals surface area contributed by atoms with Crippen LogP contribution in [0, 0.1) is 0 Å². The molecule has 0 aliphatic rings. The van der Waals surface area contributed by atoms with Crippen molar-refractivity contribution in [3.8, 4) is 11.4 Å². The van der Waals surface area contributed by atoms with Gasteiger partial charge in [0, 0.05) is 16.6 Å². The van der Waals surface area contributed by atoms with Crippen LogP contribution in [0.3, 0.4) is 0 Å². The summed E-state index contributed by atoms with van der Waals surface area (Å²) in [5, 5.41) is 12.8. The number of nitrogens with one attached hydrogen (secondary N) is 2. The van der Waals surface area contributed by atoms with Crippen molar-refractivity contribution in [1.82, 2.24) is 15.2 Å². The lowest BCUT2D eigenvalue weighted by Crippen LogP contribution is -2.14. The van der Waals surface area contributed by atoms with E-state index in [1.165, 1.54) is 17.3 Å². The number of aromatic amines is 1. The average molecular weight is 388 g/mol. The molecule has 0 radical (unpaired) electrons. The van der Waals surface area contributed by atoms with Crippen molar-refractivity contribution >= 4 is 34.1 Å². The lowest BCUT2D eigenvalue weighted by atomic mass is 10.1. The fourth-order valence-electron chi connectivity index (χ4n) is 2.99. The van der Waals surface area contributed by atoms with E-state index in [0.717, 1.165) is 28.4 Å². The maximum Gasteiger partial charge on any atom is 0.234 e. The fourth-order valence-corrected chi connectivity index (χ4v) is 3.59. The predicted octanol–water partition coefficient (Wildman–Crippen LogP) is 4.92. The first kappa shape index (κ1) is 18.3. The number of H-pyrrole nitrogens is 1. The van der Waals surface area contributed by atoms with E-state index < -0.39 is 0 Å². The molecule has 0 aliphatic carbocycles. The Bertz CT molecular complexity index is 1100. The van der Waals surface area contributed by atoms with Gasteiger partial charge < -0.3 is 5.32 Å². The van der Waals surface area contributed by atoms with Crippen LogP contribution in [0.25, 0.3) is 22.2 Å². The second kappa shape index (κ2) is 8.27. The van der Waals surface area contributed by atoms with Gasteiger partial charge in [0.2, 0.25) is 11.1 Å². The molecule has 0 bridgehead atoms. The Morgan fingerprint density at radius 2 is 1.82 bits per heavy atom. The van der Waals surface area contributed by atoms with Gasteiger partial charge in [-0.15, -0.1) is 5.10 Å². The highest BCUT2D eigenvalue weighted by molar-refractivity contribution is 7.99. The molecule has 4 rings (SSSR count). The molecule has 2 N–H and O–H groups in total. The van der Waals surface area contributed by atoms with E-state index in [1.54, 1.807) is 0 Å². The molecule has 1 amide bonds. The number of fused-ring (bicyclic) bond motifs is 1. The van der Waals surface area contributed by atoms with Crippen LogP contribution in [0.1, 0.15) is 12.5 Å². The number of carbonyl (C=O) groups is 1. The van der Waals surface area contributed by atoms with Crippen molar-refractivity contribution < 1.29 is 4.79 Å². The molecule has 0 saturated carbocycles. The number of anilines is 1. The zero-order valence-electron chi connectivity index (χ0n) is 15.5. The minimum atomic E-state index is -0.0833. The molecule has 1 aromatic heterocycles. The van der Waals surface area contributed by atoms with Gasteiger partial charge in [-0.2, -0.15) is 0 Å². The molecule has 140 valence electrons. The first-order chi connectivity index (χ1) is 13.7. The third kappa shape index (κ3) is 4.07. The molecule has 0 atom stereocenters. The highest BCUT2D eigenvalue weighted by atomic mass is 32.2. The second-order valence-electron chi connectivity index (χ2n) is 6.38. The Balaban J connectivity index is 1.39. The van der Waals surface area contributed by atoms with E-state index in [-0.39, 0.29) is 11.7 Å². The molecule has 28 heavy (non-hydrogen) atoms. The summed E-state index contributed by atoms with van der Waals surface area (Å²) in [5.41, 5.74) is 3.08. The first-order valence-corrected chi connectivity index (χ1v) is 10.1. The molecule has 0 spiro atoms. The number of hydrogen-bond acceptors (Lipinski definition) is 4. The summed E-state index contributed by atoms with van der Waals surface area (Å²) in [6.07, 6.45) is 1.00. The number of rotatable bonds is 6. The van der Waals surface area contributed by atoms with Crippen LogP contribution in [0.4, 0.5) is 5.69 Å². The zero-order chi connectivity index (χ0) is 19.3. The number of carbonyl (C=O) groups excluding carboxylic acids is 1. The summed E-state index contributed by atoms with van der Waals surface area (Å²) in [4.78, 5) is 16.9. The van der Waals surface area contributed by atoms with Gasteiger partial charge >= 0.3 is 0 Å². The molecule has 5 nitrogen and oxygen atoms in total. The smallest absolute Gasteiger partial charge is 0.234 e. The van der Waals surface area contributed by atoms with Gasteiger partial charge in [-0.05, 0) is 23.4 Å². The summed E-state index contributed by atoms with van der Waals surface area (Å²) in [7, 11) is 0. The van der Waals surface area contributed by atoms with Crippen molar-refractivity contribution in [2.45, 2.75) is 18.5 Å². The van der Waals surface area contributed by atoms with Crippen molar-refractivity contribution in [2.75, 3.05) is 11.1 Å². The fraction of sp³-hybridized carbons (Fsp3) is 0.136. The third-order valence-corrected chi connectivity index (χ3v) is 5.34. The second-order valence-corrected chi connectivity index (χ2v) is 7.32. The molecule has 3 aromatic carbocycles. The molecule has 0 aliphatic heterocycles. The number of amides is 1. The van der Waals surface area contributed by atoms with Gasteiger partial charge in [0.15, 0.2) is 5.82 Å². The number of benzene rings is 3. The van der Waals surface area contributed by atoms with Gasteiger partial charge in [-0.3, -0.25) is 9.89 Å². The summed E-state index contributed by atoms with van der Waals surface area (Å²) in [6.45, 7) is 2.13. The van der Waals surface area contributed by atoms with Gasteiger partial charge in [0.1, 0.15) is 0 Å². The molecular weight excluding hydrogens is 368 g/mol. The number of aryl methyl sites for hydroxylation is 1. The topological polar surface area (TPSA) is 70.7 Å². The maximum atomic E-state index is 12.4. The summed E-state index contributed by atoms with van der Waals surface area (Å²) in [5.74, 6) is 0.870. The van der Waals surface area contributed by atoms with Crippen LogP contribution in [-0.2, 0) is 11.2 Å². The Labute approximate surface area is 167 Å². The van der Waals surface area contributed by atoms with Crippen molar-refractivity contribution in [3.63, 3.8) is 0 Å². The Morgan fingerprint density at radius 1 is 1.04 bits per heavy atom. The van der Waals surface area contributed by atoms with Gasteiger partial charge in [-0.1, -0.05) is 79.3 Å². The molecule has 0 unspecified atom stereocenters. The standard InChI is InChI=1S/C22H20N4OS/c1-2-15-10-12-17(13-11-15)21-24-22(26-25-21)28-14-20(27)23-19-9-5-7-16-6-3-4-8-18(16)19/h3-13H,2,14H2,1H3,(H,23,27)(H,24,25,26). The van der Waals surface area contributed by atoms with Crippen molar-refractivity contribution in [2.24, 2.45) is 0 Å². The third-order valence-electron chi connectivity index (χ3n) is 4.50. The van der Waals surface area contributed by atoms with Gasteiger partial charge in [-0.25, -0.2) is 4.98 Å². The highest BCUT2D eigenvalue weighted by Crippen LogP contribution is 2.24. The molecule has 6 heteroatoms. The Kier molecular flexibility index (Phi) is 5.39. The van der Waals surface area contributed by atoms with Crippen molar-refractivity contribution in [1.29, 1.82) is 0 Å². The highest BCUT2D eigenvalue weighted by Gasteiger charge is 2.10. The van der Waals surface area contributed by atoms with Gasteiger partial charge in [0.25, 0.3) is 0 Å². The lowest BCUT2D eigenvalue weighted by molar-refractivity contribution is -0.113. The van der Waals surface area contributed by atoms with E-state index in [0.29, 0.717) is 11.0 Å². The summed E-state index contributed by atoms with van der Waals surface area (Å²) in [6, 6.07) is 22.1. The summed E-state index contributed by atoms with van der Waals surface area (Å²) >= 11 is 1.31. The average Bonchev–Trinajstić information content (AvgIpc) is 3.22. The zero-order valence-corrected chi connectivity index (χ0v) is 16.3. The van der Waals surface area contributed by atoms with Crippen molar-refractivity contribution in [3.05, 3.63) is 72.3 Å². The molecule has 0 saturated heterocycles. The number of hydrogen-bond donors (Lipinski definition) is 2. The maximum absolute atomic E-state index is 12.4. The molecule has 0 fully saturated rings. The molecular formula is C22H20N4OS. The Morgan fingerprint density at radius 3 is 2.64 bits per heavy atom. The van der Waals surface area contributed by atoms with Crippen LogP contribution < -0.4 is 5.32 Å². The van der Waals surface area contributed by atoms with E-state index in [1.807, 2.05) is 54.6 Å². The van der Waals surface area contributed by atoms with E-state index in [2.05, 4.69) is 39.6 Å². The first-order valence-electron chi connectivity index (χ1n) is 9.15. The van der Waals surface area contributed by atoms with E-state index in [4.69, 9.17) is 0 Å². The monoisotopic (exact) mass is 388 g/mol. The van der Waals surface area contributed by atoms with Crippen LogP contribution in [0.15, 0.2) is 71.9 Å². The predicted molar refractivity (Wildman–Crippen MR) is 114 cm³/mol. The van der Waals surface area contributed by atoms with Gasteiger partial charge in [0.05, 0.1) is 5.75 Å². The van der Waals surface area contributed by atoms with Crippen LogP contribution in [0.5, 0.6) is 0 Å². The SMILES string of the molecule is CCc1ccc(-c2nc(SCC(=O)Nc3cccc4ccccc34)n[nH]2)cc1. The normalized spacial score (nSPS) is 10.9.